The number of nitrogens with zero attached hydrogens (tertiary/aromatic N) is 6. The third-order valence-electron chi connectivity index (χ3n) is 4.83. The molecule has 0 bridgehead atoms. The average molecular weight is 387 g/mol. The lowest BCUT2D eigenvalue weighted by Crippen LogP contribution is -2.40. The van der Waals surface area contributed by atoms with Gasteiger partial charge in [0.1, 0.15) is 6.17 Å². The number of fused-ring (bicyclic) bond motifs is 1. The van der Waals surface area contributed by atoms with Gasteiger partial charge in [0, 0.05) is 36.6 Å². The van der Waals surface area contributed by atoms with Gasteiger partial charge in [-0.25, -0.2) is 13.9 Å². The third kappa shape index (κ3) is 3.72. The van der Waals surface area contributed by atoms with Gasteiger partial charge in [0.2, 0.25) is 5.82 Å². The standard InChI is InChI=1S/C18H22FN7O2/c1-10-4-12(3)26-18(21-10)22-16(23-26)17(27)20-7-14-6-13(19)8-25(14)9-15-5-11(2)24-28-15/h4-5,13-14H,6-9H2,1-3H3,(H,20,27)/t13-,14-/m0/s1. The Balaban J connectivity index is 1.42. The van der Waals surface area contributed by atoms with Crippen LogP contribution in [-0.2, 0) is 6.54 Å². The van der Waals surface area contributed by atoms with Crippen LogP contribution < -0.4 is 5.32 Å². The zero-order chi connectivity index (χ0) is 19.8. The van der Waals surface area contributed by atoms with Crippen LogP contribution in [0.25, 0.3) is 5.78 Å². The summed E-state index contributed by atoms with van der Waals surface area (Å²) in [5.74, 6) is 0.713. The quantitative estimate of drug-likeness (QED) is 0.706. The lowest BCUT2D eigenvalue weighted by atomic mass is 10.2. The normalized spacial score (nSPS) is 20.1. The Bertz CT molecular complexity index is 1010. The molecule has 1 aliphatic rings. The molecule has 3 aromatic rings. The minimum atomic E-state index is -0.936. The van der Waals surface area contributed by atoms with E-state index in [0.29, 0.717) is 37.6 Å². The van der Waals surface area contributed by atoms with Gasteiger partial charge >= 0.3 is 0 Å². The molecule has 0 unspecified atom stereocenters. The number of carbonyl (C=O) groups is 1. The second-order valence-corrected chi connectivity index (χ2v) is 7.25. The lowest BCUT2D eigenvalue weighted by Gasteiger charge is -2.22. The Hall–Kier alpha value is -2.88. The molecule has 1 fully saturated rings. The van der Waals surface area contributed by atoms with Crippen LogP contribution in [0.15, 0.2) is 16.7 Å². The molecule has 2 atom stereocenters. The Morgan fingerprint density at radius 1 is 1.29 bits per heavy atom. The van der Waals surface area contributed by atoms with Crippen LogP contribution in [0.1, 0.15) is 39.9 Å². The van der Waals surface area contributed by atoms with Crippen molar-refractivity contribution in [2.75, 3.05) is 13.1 Å². The summed E-state index contributed by atoms with van der Waals surface area (Å²) in [5, 5.41) is 10.9. The van der Waals surface area contributed by atoms with E-state index < -0.39 is 12.1 Å². The maximum absolute atomic E-state index is 14.0. The number of rotatable bonds is 5. The number of aryl methyl sites for hydroxylation is 3. The zero-order valence-corrected chi connectivity index (χ0v) is 16.0. The topological polar surface area (TPSA) is 101 Å². The number of halogens is 1. The molecule has 9 nitrogen and oxygen atoms in total. The van der Waals surface area contributed by atoms with Crippen molar-refractivity contribution in [1.82, 2.24) is 35.0 Å². The summed E-state index contributed by atoms with van der Waals surface area (Å²) >= 11 is 0. The smallest absolute Gasteiger partial charge is 0.291 e. The highest BCUT2D eigenvalue weighted by molar-refractivity contribution is 5.90. The molecular weight excluding hydrogens is 365 g/mol. The molecular formula is C18H22FN7O2. The predicted octanol–water partition coefficient (Wildman–Crippen LogP) is 1.38. The molecule has 1 N–H and O–H groups in total. The molecule has 0 aliphatic carbocycles. The van der Waals surface area contributed by atoms with Crippen LogP contribution in [-0.4, -0.2) is 60.8 Å². The fourth-order valence-electron chi connectivity index (χ4n) is 3.57. The van der Waals surface area contributed by atoms with Crippen LogP contribution >= 0.6 is 0 Å². The minimum Gasteiger partial charge on any atom is -0.360 e. The first-order chi connectivity index (χ1) is 13.4. The summed E-state index contributed by atoms with van der Waals surface area (Å²) < 4.78 is 20.7. The maximum Gasteiger partial charge on any atom is 0.291 e. The van der Waals surface area contributed by atoms with Crippen LogP contribution in [0.5, 0.6) is 0 Å². The van der Waals surface area contributed by atoms with Gasteiger partial charge in [0.15, 0.2) is 5.76 Å². The lowest BCUT2D eigenvalue weighted by molar-refractivity contribution is 0.0928. The van der Waals surface area contributed by atoms with Crippen molar-refractivity contribution in [2.24, 2.45) is 0 Å². The molecule has 0 aromatic carbocycles. The van der Waals surface area contributed by atoms with E-state index in [0.717, 1.165) is 17.1 Å². The molecule has 10 heteroatoms. The Morgan fingerprint density at radius 3 is 2.86 bits per heavy atom. The molecule has 4 rings (SSSR count). The first-order valence-electron chi connectivity index (χ1n) is 9.18. The first kappa shape index (κ1) is 18.5. The fraction of sp³-hybridized carbons (Fsp3) is 0.500. The van der Waals surface area contributed by atoms with Gasteiger partial charge in [-0.3, -0.25) is 9.69 Å². The Morgan fingerprint density at radius 2 is 2.11 bits per heavy atom. The van der Waals surface area contributed by atoms with Crippen LogP contribution in [0, 0.1) is 20.8 Å². The second-order valence-electron chi connectivity index (χ2n) is 7.25. The predicted molar refractivity (Wildman–Crippen MR) is 97.5 cm³/mol. The van der Waals surface area contributed by atoms with E-state index >= 15 is 0 Å². The van der Waals surface area contributed by atoms with Crippen molar-refractivity contribution in [1.29, 1.82) is 0 Å². The molecule has 1 aliphatic heterocycles. The highest BCUT2D eigenvalue weighted by atomic mass is 19.1. The van der Waals surface area contributed by atoms with Gasteiger partial charge in [-0.1, -0.05) is 5.16 Å². The number of amides is 1. The number of hydrogen-bond donors (Lipinski definition) is 1. The molecule has 0 spiro atoms. The van der Waals surface area contributed by atoms with Crippen LogP contribution in [0.2, 0.25) is 0 Å². The molecule has 1 amide bonds. The molecule has 28 heavy (non-hydrogen) atoms. The van der Waals surface area contributed by atoms with Crippen LogP contribution in [0.4, 0.5) is 4.39 Å². The summed E-state index contributed by atoms with van der Waals surface area (Å²) in [6.45, 7) is 6.63. The summed E-state index contributed by atoms with van der Waals surface area (Å²) in [7, 11) is 0. The largest absolute Gasteiger partial charge is 0.360 e. The number of likely N-dealkylation sites (tertiary alicyclic amines) is 1. The van der Waals surface area contributed by atoms with Crippen molar-refractivity contribution in [3.05, 3.63) is 40.8 Å². The van der Waals surface area contributed by atoms with E-state index in [-0.39, 0.29) is 11.9 Å². The van der Waals surface area contributed by atoms with Gasteiger partial charge < -0.3 is 9.84 Å². The first-order valence-corrected chi connectivity index (χ1v) is 9.18. The van der Waals surface area contributed by atoms with E-state index in [1.54, 1.807) is 0 Å². The number of aromatic nitrogens is 5. The van der Waals surface area contributed by atoms with E-state index in [4.69, 9.17) is 4.52 Å². The van der Waals surface area contributed by atoms with Crippen molar-refractivity contribution < 1.29 is 13.7 Å². The summed E-state index contributed by atoms with van der Waals surface area (Å²) in [4.78, 5) is 22.9. The van der Waals surface area contributed by atoms with Crippen molar-refractivity contribution >= 4 is 11.7 Å². The van der Waals surface area contributed by atoms with Gasteiger partial charge in [0.05, 0.1) is 12.2 Å². The number of carbonyl (C=O) groups excluding carboxylic acids is 1. The fourth-order valence-corrected chi connectivity index (χ4v) is 3.57. The molecule has 148 valence electrons. The third-order valence-corrected chi connectivity index (χ3v) is 4.83. The minimum absolute atomic E-state index is 0.0494. The van der Waals surface area contributed by atoms with E-state index in [1.165, 1.54) is 4.52 Å². The Labute approximate surface area is 160 Å². The SMILES string of the molecule is Cc1cc(CN2C[C@@H](F)C[C@H]2CNC(=O)c2nc3nc(C)cc(C)n3n2)on1. The Kier molecular flexibility index (Phi) is 4.80. The van der Waals surface area contributed by atoms with Crippen molar-refractivity contribution in [3.8, 4) is 0 Å². The monoisotopic (exact) mass is 387 g/mol. The molecule has 4 heterocycles. The van der Waals surface area contributed by atoms with Gasteiger partial charge in [-0.2, -0.15) is 4.98 Å². The summed E-state index contributed by atoms with van der Waals surface area (Å²) in [6.07, 6.45) is -0.583. The van der Waals surface area contributed by atoms with Gasteiger partial charge in [-0.05, 0) is 33.3 Å². The zero-order valence-electron chi connectivity index (χ0n) is 16.0. The van der Waals surface area contributed by atoms with E-state index in [1.807, 2.05) is 37.8 Å². The highest BCUT2D eigenvalue weighted by Gasteiger charge is 2.33. The highest BCUT2D eigenvalue weighted by Crippen LogP contribution is 2.22. The maximum atomic E-state index is 14.0. The van der Waals surface area contributed by atoms with Crippen LogP contribution in [0.3, 0.4) is 0 Å². The second kappa shape index (κ2) is 7.27. The molecule has 3 aromatic heterocycles. The van der Waals surface area contributed by atoms with Crippen molar-refractivity contribution in [2.45, 2.75) is 46.0 Å². The van der Waals surface area contributed by atoms with E-state index in [2.05, 4.69) is 25.5 Å². The summed E-state index contributed by atoms with van der Waals surface area (Å²) in [5.41, 5.74) is 2.44. The number of alkyl halides is 1. The van der Waals surface area contributed by atoms with Gasteiger partial charge in [0.25, 0.3) is 11.7 Å². The number of nitrogens with one attached hydrogen (secondary N) is 1. The number of hydrogen-bond acceptors (Lipinski definition) is 7. The van der Waals surface area contributed by atoms with E-state index in [9.17, 15) is 9.18 Å². The average Bonchev–Trinajstić information content (AvgIpc) is 3.32. The molecule has 0 saturated carbocycles. The van der Waals surface area contributed by atoms with Crippen molar-refractivity contribution in [3.63, 3.8) is 0 Å². The van der Waals surface area contributed by atoms with Gasteiger partial charge in [-0.15, -0.1) is 5.10 Å². The summed E-state index contributed by atoms with van der Waals surface area (Å²) in [6, 6.07) is 3.56. The molecule has 0 radical (unpaired) electrons. The molecule has 1 saturated heterocycles.